The molecular formula is C15H17N3O4S. The number of hydrazone groups is 1. The highest BCUT2D eigenvalue weighted by molar-refractivity contribution is 7.92. The minimum Gasteiger partial charge on any atom is -0.463 e. The first-order valence-electron chi connectivity index (χ1n) is 6.76. The number of hydrogen-bond acceptors (Lipinski definition) is 5. The largest absolute Gasteiger partial charge is 0.463 e. The lowest BCUT2D eigenvalue weighted by atomic mass is 10.2. The van der Waals surface area contributed by atoms with E-state index in [1.54, 1.807) is 36.4 Å². The molecule has 8 heteroatoms. The van der Waals surface area contributed by atoms with Gasteiger partial charge >= 0.3 is 0 Å². The summed E-state index contributed by atoms with van der Waals surface area (Å²) in [6.45, 7) is 1.53. The molecule has 1 N–H and O–H groups in total. The molecule has 1 aromatic heterocycles. The van der Waals surface area contributed by atoms with E-state index in [9.17, 15) is 13.2 Å². The Morgan fingerprint density at radius 1 is 1.30 bits per heavy atom. The van der Waals surface area contributed by atoms with Crippen molar-refractivity contribution in [2.45, 2.75) is 6.92 Å². The Morgan fingerprint density at radius 3 is 2.57 bits per heavy atom. The summed E-state index contributed by atoms with van der Waals surface area (Å²) in [5.74, 6) is -0.0809. The number of hydrogen-bond donors (Lipinski definition) is 1. The predicted molar refractivity (Wildman–Crippen MR) is 87.8 cm³/mol. The van der Waals surface area contributed by atoms with Crippen molar-refractivity contribution < 1.29 is 17.6 Å². The monoisotopic (exact) mass is 335 g/mol. The number of furan rings is 1. The van der Waals surface area contributed by atoms with Crippen LogP contribution >= 0.6 is 0 Å². The predicted octanol–water partition coefficient (Wildman–Crippen LogP) is 1.50. The molecular weight excluding hydrogens is 318 g/mol. The molecule has 2 rings (SSSR count). The number of carbonyl (C=O) groups is 1. The molecule has 0 aliphatic heterocycles. The lowest BCUT2D eigenvalue weighted by Gasteiger charge is -2.21. The van der Waals surface area contributed by atoms with Crippen molar-refractivity contribution >= 4 is 27.8 Å². The second-order valence-electron chi connectivity index (χ2n) is 4.91. The van der Waals surface area contributed by atoms with Crippen molar-refractivity contribution in [3.05, 3.63) is 54.0 Å². The maximum absolute atomic E-state index is 11.9. The summed E-state index contributed by atoms with van der Waals surface area (Å²) in [4.78, 5) is 11.9. The Morgan fingerprint density at radius 2 is 2.00 bits per heavy atom. The summed E-state index contributed by atoms with van der Waals surface area (Å²) in [6, 6.07) is 10.2. The summed E-state index contributed by atoms with van der Waals surface area (Å²) >= 11 is 0. The van der Waals surface area contributed by atoms with E-state index in [1.807, 2.05) is 6.92 Å². The molecule has 0 saturated carbocycles. The van der Waals surface area contributed by atoms with Crippen LogP contribution in [0.25, 0.3) is 0 Å². The molecule has 0 bridgehead atoms. The van der Waals surface area contributed by atoms with Crippen LogP contribution in [0, 0.1) is 6.92 Å². The van der Waals surface area contributed by atoms with E-state index >= 15 is 0 Å². The number of carbonyl (C=O) groups excluding carboxylic acids is 1. The van der Waals surface area contributed by atoms with Crippen molar-refractivity contribution in [1.29, 1.82) is 0 Å². The molecule has 122 valence electrons. The van der Waals surface area contributed by atoms with Crippen molar-refractivity contribution in [3.63, 3.8) is 0 Å². The Labute approximate surface area is 134 Å². The Bertz CT molecular complexity index is 781. The molecule has 0 atom stereocenters. The normalized spacial score (nSPS) is 11.6. The van der Waals surface area contributed by atoms with E-state index in [0.29, 0.717) is 11.4 Å². The lowest BCUT2D eigenvalue weighted by Crippen LogP contribution is -2.39. The van der Waals surface area contributed by atoms with Crippen LogP contribution in [0.15, 0.2) is 52.2 Å². The molecule has 7 nitrogen and oxygen atoms in total. The first-order valence-corrected chi connectivity index (χ1v) is 8.61. The molecule has 0 unspecified atom stereocenters. The number of amides is 1. The molecule has 1 amide bonds. The molecule has 1 heterocycles. The van der Waals surface area contributed by atoms with E-state index in [2.05, 4.69) is 10.5 Å². The van der Waals surface area contributed by atoms with E-state index in [-0.39, 0.29) is 6.54 Å². The first-order chi connectivity index (χ1) is 10.9. The van der Waals surface area contributed by atoms with Crippen LogP contribution in [0.2, 0.25) is 0 Å². The van der Waals surface area contributed by atoms with Gasteiger partial charge < -0.3 is 4.42 Å². The van der Waals surface area contributed by atoms with Gasteiger partial charge in [-0.3, -0.25) is 9.10 Å². The van der Waals surface area contributed by atoms with Gasteiger partial charge in [0.25, 0.3) is 5.91 Å². The molecule has 0 radical (unpaired) electrons. The smallest absolute Gasteiger partial charge is 0.260 e. The summed E-state index contributed by atoms with van der Waals surface area (Å²) in [5, 5.41) is 3.72. The SMILES string of the molecule is Cc1ccc(N(CC(=O)N/N=C\c2ccco2)S(C)(=O)=O)cc1. The third kappa shape index (κ3) is 4.96. The lowest BCUT2D eigenvalue weighted by molar-refractivity contribution is -0.119. The van der Waals surface area contributed by atoms with E-state index < -0.39 is 15.9 Å². The first kappa shape index (κ1) is 16.8. The van der Waals surface area contributed by atoms with Gasteiger partial charge in [-0.15, -0.1) is 0 Å². The van der Waals surface area contributed by atoms with Gasteiger partial charge in [0.1, 0.15) is 12.3 Å². The minimum atomic E-state index is -3.59. The molecule has 0 aliphatic rings. The van der Waals surface area contributed by atoms with Gasteiger partial charge in [-0.25, -0.2) is 13.8 Å². The third-order valence-electron chi connectivity index (χ3n) is 2.93. The van der Waals surface area contributed by atoms with Gasteiger partial charge in [0.2, 0.25) is 10.0 Å². The van der Waals surface area contributed by atoms with Crippen molar-refractivity contribution in [2.75, 3.05) is 17.1 Å². The maximum atomic E-state index is 11.9. The minimum absolute atomic E-state index is 0.364. The van der Waals surface area contributed by atoms with E-state index in [4.69, 9.17) is 4.42 Å². The highest BCUT2D eigenvalue weighted by Crippen LogP contribution is 2.17. The zero-order valence-electron chi connectivity index (χ0n) is 12.8. The van der Waals surface area contributed by atoms with Crippen molar-refractivity contribution in [2.24, 2.45) is 5.10 Å². The molecule has 2 aromatic rings. The van der Waals surface area contributed by atoms with Gasteiger partial charge in [0, 0.05) is 0 Å². The highest BCUT2D eigenvalue weighted by Gasteiger charge is 2.20. The summed E-state index contributed by atoms with van der Waals surface area (Å²) in [5.41, 5.74) is 3.68. The van der Waals surface area contributed by atoms with Crippen LogP contribution in [0.3, 0.4) is 0 Å². The van der Waals surface area contributed by atoms with Crippen LogP contribution in [-0.4, -0.2) is 33.3 Å². The Balaban J connectivity index is 2.06. The number of sulfonamides is 1. The zero-order chi connectivity index (χ0) is 16.9. The summed E-state index contributed by atoms with van der Waals surface area (Å²) in [6.07, 6.45) is 3.85. The van der Waals surface area contributed by atoms with Crippen LogP contribution in [0.5, 0.6) is 0 Å². The number of rotatable bonds is 6. The molecule has 0 aliphatic carbocycles. The van der Waals surface area contributed by atoms with Gasteiger partial charge in [-0.05, 0) is 31.2 Å². The molecule has 0 fully saturated rings. The summed E-state index contributed by atoms with van der Waals surface area (Å²) < 4.78 is 29.9. The molecule has 23 heavy (non-hydrogen) atoms. The van der Waals surface area contributed by atoms with Crippen LogP contribution in [0.4, 0.5) is 5.69 Å². The second kappa shape index (κ2) is 7.10. The fraction of sp³-hybridized carbons (Fsp3) is 0.200. The van der Waals surface area contributed by atoms with Crippen LogP contribution < -0.4 is 9.73 Å². The zero-order valence-corrected chi connectivity index (χ0v) is 13.6. The number of nitrogens with one attached hydrogen (secondary N) is 1. The quantitative estimate of drug-likeness (QED) is 0.640. The topological polar surface area (TPSA) is 92.0 Å². The number of benzene rings is 1. The van der Waals surface area contributed by atoms with Crippen LogP contribution in [0.1, 0.15) is 11.3 Å². The second-order valence-corrected chi connectivity index (χ2v) is 6.82. The molecule has 0 spiro atoms. The third-order valence-corrected chi connectivity index (χ3v) is 4.07. The van der Waals surface area contributed by atoms with Gasteiger partial charge in [-0.1, -0.05) is 17.7 Å². The average molecular weight is 335 g/mol. The fourth-order valence-corrected chi connectivity index (χ4v) is 2.67. The molecule has 1 aromatic carbocycles. The van der Waals surface area contributed by atoms with Gasteiger partial charge in [0.15, 0.2) is 0 Å². The fourth-order valence-electron chi connectivity index (χ4n) is 1.81. The maximum Gasteiger partial charge on any atom is 0.260 e. The number of aryl methyl sites for hydroxylation is 1. The van der Waals surface area contributed by atoms with Crippen LogP contribution in [-0.2, 0) is 14.8 Å². The molecule has 0 saturated heterocycles. The van der Waals surface area contributed by atoms with Crippen molar-refractivity contribution in [1.82, 2.24) is 5.43 Å². The van der Waals surface area contributed by atoms with E-state index in [1.165, 1.54) is 12.5 Å². The average Bonchev–Trinajstić information content (AvgIpc) is 2.98. The Hall–Kier alpha value is -2.61. The van der Waals surface area contributed by atoms with Crippen molar-refractivity contribution in [3.8, 4) is 0 Å². The standard InChI is InChI=1S/C15H17N3O4S/c1-12-5-7-13(8-6-12)18(23(2,20)21)11-15(19)17-16-10-14-4-3-9-22-14/h3-10H,11H2,1-2H3,(H,17,19)/b16-10-. The summed E-state index contributed by atoms with van der Waals surface area (Å²) in [7, 11) is -3.59. The van der Waals surface area contributed by atoms with Gasteiger partial charge in [0.05, 0.1) is 24.4 Å². The number of nitrogens with zero attached hydrogens (tertiary/aromatic N) is 2. The highest BCUT2D eigenvalue weighted by atomic mass is 32.2. The van der Waals surface area contributed by atoms with E-state index in [0.717, 1.165) is 16.1 Å². The Kier molecular flexibility index (Phi) is 5.17. The van der Waals surface area contributed by atoms with Gasteiger partial charge in [-0.2, -0.15) is 5.10 Å². The number of anilines is 1.